The molecule has 1 spiro atoms. The molecule has 6 nitrogen and oxygen atoms in total. The van der Waals surface area contributed by atoms with E-state index in [1.165, 1.54) is 0 Å². The van der Waals surface area contributed by atoms with E-state index in [0.717, 1.165) is 38.8 Å². The van der Waals surface area contributed by atoms with Gasteiger partial charge in [-0.05, 0) is 79.1 Å². The number of likely N-dealkylation sites (N-methyl/N-ethyl adjacent to an activating group) is 1. The van der Waals surface area contributed by atoms with Gasteiger partial charge in [0, 0.05) is 20.1 Å². The van der Waals surface area contributed by atoms with E-state index in [0.29, 0.717) is 19.4 Å². The van der Waals surface area contributed by atoms with E-state index in [1.54, 1.807) is 21.0 Å². The lowest BCUT2D eigenvalue weighted by molar-refractivity contribution is -0.170. The molecule has 1 aliphatic carbocycles. The highest BCUT2D eigenvalue weighted by molar-refractivity contribution is 6.02. The van der Waals surface area contributed by atoms with Crippen LogP contribution in [0.3, 0.4) is 0 Å². The minimum Gasteiger partial charge on any atom is -0.463 e. The number of rotatable bonds is 3. The maximum atomic E-state index is 12.8. The molecule has 1 atom stereocenters. The maximum Gasteiger partial charge on any atom is 0.319 e. The van der Waals surface area contributed by atoms with Crippen molar-refractivity contribution in [2.75, 3.05) is 47.9 Å². The fourth-order valence-electron chi connectivity index (χ4n) is 5.17. The smallest absolute Gasteiger partial charge is 0.319 e. The molecule has 1 heterocycles. The number of ketones is 1. The van der Waals surface area contributed by atoms with Crippen molar-refractivity contribution in [3.8, 4) is 0 Å². The molecule has 2 aliphatic rings. The third-order valence-electron chi connectivity index (χ3n) is 6.75. The van der Waals surface area contributed by atoms with Crippen LogP contribution in [-0.2, 0) is 19.1 Å². The van der Waals surface area contributed by atoms with Gasteiger partial charge in [0.1, 0.15) is 17.8 Å². The maximum absolute atomic E-state index is 12.8. The minimum atomic E-state index is -1.11. The van der Waals surface area contributed by atoms with E-state index in [9.17, 15) is 9.59 Å². The van der Waals surface area contributed by atoms with Gasteiger partial charge in [-0.1, -0.05) is 6.92 Å². The van der Waals surface area contributed by atoms with Gasteiger partial charge < -0.3 is 14.4 Å². The third-order valence-corrected chi connectivity index (χ3v) is 6.75. The van der Waals surface area contributed by atoms with Crippen LogP contribution in [0.15, 0.2) is 0 Å². The molecule has 28 heavy (non-hydrogen) atoms. The van der Waals surface area contributed by atoms with Crippen LogP contribution in [0.4, 0.5) is 0 Å². The van der Waals surface area contributed by atoms with Crippen molar-refractivity contribution in [2.24, 2.45) is 10.8 Å². The Morgan fingerprint density at radius 2 is 1.82 bits per heavy atom. The minimum absolute atomic E-state index is 0.0567. The summed E-state index contributed by atoms with van der Waals surface area (Å²) in [6.45, 7) is 8.00. The molecule has 6 heteroatoms. The van der Waals surface area contributed by atoms with E-state index >= 15 is 0 Å². The average molecular weight is 397 g/mol. The molecule has 1 saturated heterocycles. The summed E-state index contributed by atoms with van der Waals surface area (Å²) >= 11 is 0. The molecule has 2 rings (SSSR count). The Balaban J connectivity index is 2.19. The first-order valence-electron chi connectivity index (χ1n) is 10.5. The van der Waals surface area contributed by atoms with Gasteiger partial charge in [-0.3, -0.25) is 14.5 Å². The Morgan fingerprint density at radius 3 is 2.39 bits per heavy atom. The molecule has 0 aromatic heterocycles. The molecule has 0 bridgehead atoms. The summed E-state index contributed by atoms with van der Waals surface area (Å²) in [7, 11) is 8.05. The van der Waals surface area contributed by atoms with Crippen molar-refractivity contribution >= 4 is 11.8 Å². The fourth-order valence-corrected chi connectivity index (χ4v) is 5.17. The molecule has 2 fully saturated rings. The first-order chi connectivity index (χ1) is 12.9. The second-order valence-corrected chi connectivity index (χ2v) is 10.2. The van der Waals surface area contributed by atoms with Gasteiger partial charge in [0.25, 0.3) is 0 Å². The summed E-state index contributed by atoms with van der Waals surface area (Å²) in [5.74, 6) is -0.466. The van der Waals surface area contributed by atoms with Gasteiger partial charge in [0.05, 0.1) is 11.6 Å². The van der Waals surface area contributed by atoms with Gasteiger partial charge in [-0.15, -0.1) is 0 Å². The van der Waals surface area contributed by atoms with Crippen LogP contribution in [0.2, 0.25) is 0 Å². The Morgan fingerprint density at radius 1 is 1.18 bits per heavy atom. The summed E-state index contributed by atoms with van der Waals surface area (Å²) in [5.41, 5.74) is -1.03. The van der Waals surface area contributed by atoms with Crippen LogP contribution in [0, 0.1) is 10.8 Å². The number of ether oxygens (including phenoxy) is 2. The molecule has 162 valence electrons. The largest absolute Gasteiger partial charge is 0.463 e. The van der Waals surface area contributed by atoms with Crippen LogP contribution >= 0.6 is 0 Å². The zero-order valence-corrected chi connectivity index (χ0v) is 19.0. The van der Waals surface area contributed by atoms with E-state index in [-0.39, 0.29) is 22.8 Å². The monoisotopic (exact) mass is 396 g/mol. The number of carbonyl (C=O) groups is 2. The molecule has 1 aliphatic heterocycles. The lowest BCUT2D eigenvalue weighted by Crippen LogP contribution is -2.65. The summed E-state index contributed by atoms with van der Waals surface area (Å²) in [5, 5.41) is 0. The number of carbonyl (C=O) groups excluding carboxylic acids is 2. The highest BCUT2D eigenvalue weighted by Crippen LogP contribution is 2.52. The zero-order chi connectivity index (χ0) is 21.2. The van der Waals surface area contributed by atoms with Crippen molar-refractivity contribution in [3.63, 3.8) is 0 Å². The molecular weight excluding hydrogens is 356 g/mol. The summed E-state index contributed by atoms with van der Waals surface area (Å²) < 4.78 is 11.4. The lowest BCUT2D eigenvalue weighted by Gasteiger charge is -2.59. The van der Waals surface area contributed by atoms with Crippen LogP contribution in [0.1, 0.15) is 59.3 Å². The lowest BCUT2D eigenvalue weighted by atomic mass is 9.57. The quantitative estimate of drug-likeness (QED) is 0.540. The van der Waals surface area contributed by atoms with Gasteiger partial charge >= 0.3 is 5.97 Å². The van der Waals surface area contributed by atoms with E-state index < -0.39 is 11.4 Å². The van der Waals surface area contributed by atoms with Crippen LogP contribution in [-0.4, -0.2) is 81.1 Å². The Labute approximate surface area is 170 Å². The van der Waals surface area contributed by atoms with E-state index in [1.807, 2.05) is 0 Å². The van der Waals surface area contributed by atoms with E-state index in [2.05, 4.69) is 37.9 Å². The van der Waals surface area contributed by atoms with Crippen molar-refractivity contribution in [1.82, 2.24) is 9.80 Å². The van der Waals surface area contributed by atoms with Crippen molar-refractivity contribution in [2.45, 2.75) is 70.9 Å². The highest BCUT2D eigenvalue weighted by Gasteiger charge is 2.55. The number of hydrogen-bond donors (Lipinski definition) is 0. The molecule has 1 unspecified atom stereocenters. The molecule has 0 amide bonds. The molecule has 1 saturated carbocycles. The number of hydrogen-bond acceptors (Lipinski definition) is 6. The Bertz CT molecular complexity index is 567. The molecule has 0 N–H and O–H groups in total. The van der Waals surface area contributed by atoms with Crippen molar-refractivity contribution < 1.29 is 19.1 Å². The topological polar surface area (TPSA) is 59.1 Å². The van der Waals surface area contributed by atoms with Crippen molar-refractivity contribution in [1.29, 1.82) is 0 Å². The highest BCUT2D eigenvalue weighted by atomic mass is 16.5. The van der Waals surface area contributed by atoms with E-state index in [4.69, 9.17) is 9.47 Å². The average Bonchev–Trinajstić information content (AvgIpc) is 2.58. The van der Waals surface area contributed by atoms with Gasteiger partial charge in [0.2, 0.25) is 0 Å². The normalized spacial score (nSPS) is 35.6. The zero-order valence-electron chi connectivity index (χ0n) is 19.0. The molecule has 0 radical (unpaired) electrons. The first-order valence-corrected chi connectivity index (χ1v) is 10.5. The number of cyclic esters (lactones) is 1. The number of esters is 1. The van der Waals surface area contributed by atoms with Crippen molar-refractivity contribution in [3.05, 3.63) is 0 Å². The van der Waals surface area contributed by atoms with Crippen LogP contribution in [0.25, 0.3) is 0 Å². The Hall–Kier alpha value is -0.980. The number of Topliss-reactive ketones (excluding diaryl/α,β-unsaturated/α-hetero) is 1. The third kappa shape index (κ3) is 5.14. The van der Waals surface area contributed by atoms with Gasteiger partial charge in [0.15, 0.2) is 0 Å². The second-order valence-electron chi connectivity index (χ2n) is 10.2. The second kappa shape index (κ2) is 8.80. The van der Waals surface area contributed by atoms with Gasteiger partial charge in [-0.25, -0.2) is 0 Å². The first kappa shape index (κ1) is 23.3. The number of methoxy groups -OCH3 is 1. The summed E-state index contributed by atoms with van der Waals surface area (Å²) in [4.78, 5) is 30.0. The van der Waals surface area contributed by atoms with Crippen LogP contribution < -0.4 is 0 Å². The van der Waals surface area contributed by atoms with Gasteiger partial charge in [-0.2, -0.15) is 0 Å². The standard InChI is InChI=1S/C22H40N2O4/c1-20(2)18(25)11-10-17(27-7)9-8-12-24(6)22(16-28-19(20)26)13-21(3,14-22)15-23(4)5/h17H,8-16H2,1-7H3. The fraction of sp³-hybridized carbons (Fsp3) is 0.909. The summed E-state index contributed by atoms with van der Waals surface area (Å²) in [6.07, 6.45) is 4.97. The molecule has 0 aromatic rings. The predicted molar refractivity (Wildman–Crippen MR) is 110 cm³/mol. The predicted octanol–water partition coefficient (Wildman–Crippen LogP) is 2.75. The summed E-state index contributed by atoms with van der Waals surface area (Å²) in [6, 6.07) is 0. The molecular formula is C22H40N2O4. The number of nitrogens with zero attached hydrogens (tertiary/aromatic N) is 2. The molecule has 0 aromatic carbocycles. The Kier molecular flexibility index (Phi) is 7.32. The van der Waals surface area contributed by atoms with Crippen LogP contribution in [0.5, 0.6) is 0 Å². The SMILES string of the molecule is COC1CCCN(C)C2(COC(=O)C(C)(C)C(=O)CC1)CC(C)(CN(C)C)C2.